The number of aliphatic hydroxyl groups excluding tert-OH is 1. The van der Waals surface area contributed by atoms with Crippen LogP contribution in [0.15, 0.2) is 6.20 Å². The number of nitrogens with zero attached hydrogens (tertiary/aromatic N) is 2. The van der Waals surface area contributed by atoms with Gasteiger partial charge in [0.15, 0.2) is 0 Å². The summed E-state index contributed by atoms with van der Waals surface area (Å²) < 4.78 is 0. The van der Waals surface area contributed by atoms with Gasteiger partial charge in [0, 0.05) is 11.8 Å². The molecule has 0 fully saturated rings. The normalized spacial score (nSPS) is 14.3. The second kappa shape index (κ2) is 5.09. The van der Waals surface area contributed by atoms with Crippen LogP contribution in [0.4, 0.5) is 11.8 Å². The van der Waals surface area contributed by atoms with Crippen LogP contribution in [0, 0.1) is 6.92 Å². The molecule has 1 atom stereocenters. The van der Waals surface area contributed by atoms with Gasteiger partial charge >= 0.3 is 0 Å². The first kappa shape index (κ1) is 12.7. The zero-order valence-corrected chi connectivity index (χ0v) is 9.91. The van der Waals surface area contributed by atoms with Crippen LogP contribution < -0.4 is 16.6 Å². The Morgan fingerprint density at radius 1 is 1.56 bits per heavy atom. The quantitative estimate of drug-likeness (QED) is 0.434. The molecule has 5 N–H and O–H groups in total. The molecule has 0 saturated carbocycles. The molecule has 0 radical (unpaired) electrons. The molecule has 1 rings (SSSR count). The van der Waals surface area contributed by atoms with Gasteiger partial charge in [0.2, 0.25) is 5.95 Å². The number of hydrogen-bond donors (Lipinski definition) is 4. The Morgan fingerprint density at radius 2 is 2.25 bits per heavy atom. The van der Waals surface area contributed by atoms with Crippen molar-refractivity contribution in [1.29, 1.82) is 0 Å². The molecule has 0 bridgehead atoms. The maximum absolute atomic E-state index is 9.32. The van der Waals surface area contributed by atoms with Crippen molar-refractivity contribution in [2.45, 2.75) is 32.7 Å². The van der Waals surface area contributed by atoms with Crippen LogP contribution in [-0.2, 0) is 0 Å². The van der Waals surface area contributed by atoms with E-state index in [9.17, 15) is 5.11 Å². The Hall–Kier alpha value is -1.40. The van der Waals surface area contributed by atoms with Crippen molar-refractivity contribution in [2.75, 3.05) is 17.3 Å². The standard InChI is InChI=1S/C10H19N5O/c1-4-10(3,6-16)14-8-7(2)5-12-9(13-8)15-11/h5,16H,4,6,11H2,1-3H3,(H2,12,13,14,15). The van der Waals surface area contributed by atoms with Crippen molar-refractivity contribution in [3.63, 3.8) is 0 Å². The van der Waals surface area contributed by atoms with Gasteiger partial charge in [-0.15, -0.1) is 0 Å². The van der Waals surface area contributed by atoms with Crippen molar-refractivity contribution in [2.24, 2.45) is 5.84 Å². The zero-order chi connectivity index (χ0) is 12.2. The van der Waals surface area contributed by atoms with Crippen molar-refractivity contribution < 1.29 is 5.11 Å². The van der Waals surface area contributed by atoms with Crippen LogP contribution in [0.5, 0.6) is 0 Å². The molecular formula is C10H19N5O. The summed E-state index contributed by atoms with van der Waals surface area (Å²) >= 11 is 0. The number of rotatable bonds is 5. The predicted octanol–water partition coefficient (Wildman–Crippen LogP) is 0.644. The first-order valence-corrected chi connectivity index (χ1v) is 5.24. The molecule has 0 saturated heterocycles. The van der Waals surface area contributed by atoms with Crippen LogP contribution >= 0.6 is 0 Å². The summed E-state index contributed by atoms with van der Waals surface area (Å²) in [4.78, 5) is 8.19. The highest BCUT2D eigenvalue weighted by Crippen LogP contribution is 2.19. The summed E-state index contributed by atoms with van der Waals surface area (Å²) in [6.45, 7) is 5.88. The molecule has 0 aliphatic heterocycles. The second-order valence-electron chi connectivity index (χ2n) is 4.07. The number of hydrogen-bond acceptors (Lipinski definition) is 6. The predicted molar refractivity (Wildman–Crippen MR) is 64.0 cm³/mol. The molecule has 6 heteroatoms. The summed E-state index contributed by atoms with van der Waals surface area (Å²) in [5.74, 6) is 6.28. The highest BCUT2D eigenvalue weighted by Gasteiger charge is 2.22. The smallest absolute Gasteiger partial charge is 0.239 e. The number of aryl methyl sites for hydroxylation is 1. The zero-order valence-electron chi connectivity index (χ0n) is 9.91. The molecule has 0 aliphatic rings. The maximum Gasteiger partial charge on any atom is 0.239 e. The van der Waals surface area contributed by atoms with Crippen LogP contribution in [0.2, 0.25) is 0 Å². The van der Waals surface area contributed by atoms with E-state index in [4.69, 9.17) is 5.84 Å². The molecule has 1 aromatic heterocycles. The number of anilines is 2. The highest BCUT2D eigenvalue weighted by molar-refractivity contribution is 5.47. The Morgan fingerprint density at radius 3 is 2.75 bits per heavy atom. The average Bonchev–Trinajstić information content (AvgIpc) is 2.32. The number of nitrogens with two attached hydrogens (primary N) is 1. The van der Waals surface area contributed by atoms with Crippen molar-refractivity contribution in [3.8, 4) is 0 Å². The van der Waals surface area contributed by atoms with Crippen LogP contribution in [0.3, 0.4) is 0 Å². The van der Waals surface area contributed by atoms with E-state index >= 15 is 0 Å². The third-order valence-corrected chi connectivity index (χ3v) is 2.65. The Kier molecular flexibility index (Phi) is 4.03. The molecule has 1 aromatic rings. The van der Waals surface area contributed by atoms with Crippen molar-refractivity contribution in [1.82, 2.24) is 9.97 Å². The minimum Gasteiger partial charge on any atom is -0.394 e. The first-order chi connectivity index (χ1) is 7.54. The Balaban J connectivity index is 2.95. The number of aromatic nitrogens is 2. The third kappa shape index (κ3) is 2.80. The number of nitrogens with one attached hydrogen (secondary N) is 2. The SMILES string of the molecule is CCC(C)(CO)Nc1nc(NN)ncc1C. The summed E-state index contributed by atoms with van der Waals surface area (Å²) in [7, 11) is 0. The van der Waals surface area contributed by atoms with E-state index < -0.39 is 0 Å². The number of aliphatic hydroxyl groups is 1. The van der Waals surface area contributed by atoms with Crippen LogP contribution in [0.1, 0.15) is 25.8 Å². The number of hydrazine groups is 1. The summed E-state index contributed by atoms with van der Waals surface area (Å²) in [6, 6.07) is 0. The molecule has 0 aliphatic carbocycles. The second-order valence-corrected chi connectivity index (χ2v) is 4.07. The first-order valence-electron chi connectivity index (χ1n) is 5.24. The van der Waals surface area contributed by atoms with Crippen molar-refractivity contribution in [3.05, 3.63) is 11.8 Å². The molecule has 0 spiro atoms. The molecular weight excluding hydrogens is 206 g/mol. The van der Waals surface area contributed by atoms with E-state index in [1.165, 1.54) is 0 Å². The maximum atomic E-state index is 9.32. The Bertz CT molecular complexity index is 351. The van der Waals surface area contributed by atoms with Gasteiger partial charge in [-0.25, -0.2) is 10.8 Å². The lowest BCUT2D eigenvalue weighted by atomic mass is 10.0. The fourth-order valence-corrected chi connectivity index (χ4v) is 1.16. The van der Waals surface area contributed by atoms with Crippen LogP contribution in [0.25, 0.3) is 0 Å². The Labute approximate surface area is 95.3 Å². The topological polar surface area (TPSA) is 96.1 Å². The van der Waals surface area contributed by atoms with Gasteiger partial charge in [-0.2, -0.15) is 4.98 Å². The van der Waals surface area contributed by atoms with E-state index in [0.717, 1.165) is 12.0 Å². The van der Waals surface area contributed by atoms with Crippen molar-refractivity contribution >= 4 is 11.8 Å². The fourth-order valence-electron chi connectivity index (χ4n) is 1.16. The lowest BCUT2D eigenvalue weighted by molar-refractivity contribution is 0.218. The van der Waals surface area contributed by atoms with Gasteiger partial charge in [-0.1, -0.05) is 6.92 Å². The molecule has 0 amide bonds. The van der Waals surface area contributed by atoms with E-state index in [0.29, 0.717) is 11.8 Å². The van der Waals surface area contributed by atoms with Crippen LogP contribution in [-0.4, -0.2) is 27.2 Å². The minimum absolute atomic E-state index is 0.0400. The van der Waals surface area contributed by atoms with Gasteiger partial charge in [0.1, 0.15) is 5.82 Å². The lowest BCUT2D eigenvalue weighted by Crippen LogP contribution is -2.38. The van der Waals surface area contributed by atoms with E-state index in [1.54, 1.807) is 6.20 Å². The number of nitrogen functional groups attached to an aromatic ring is 1. The van der Waals surface area contributed by atoms with Gasteiger partial charge in [0.05, 0.1) is 12.1 Å². The molecule has 1 heterocycles. The van der Waals surface area contributed by atoms with E-state index in [-0.39, 0.29) is 12.1 Å². The molecule has 0 aromatic carbocycles. The van der Waals surface area contributed by atoms with Gasteiger partial charge in [0.25, 0.3) is 0 Å². The fraction of sp³-hybridized carbons (Fsp3) is 0.600. The minimum atomic E-state index is -0.384. The monoisotopic (exact) mass is 225 g/mol. The highest BCUT2D eigenvalue weighted by atomic mass is 16.3. The summed E-state index contributed by atoms with van der Waals surface area (Å²) in [6.07, 6.45) is 2.47. The third-order valence-electron chi connectivity index (χ3n) is 2.65. The lowest BCUT2D eigenvalue weighted by Gasteiger charge is -2.28. The van der Waals surface area contributed by atoms with Gasteiger partial charge < -0.3 is 10.4 Å². The molecule has 6 nitrogen and oxygen atoms in total. The van der Waals surface area contributed by atoms with Gasteiger partial charge in [-0.3, -0.25) is 5.43 Å². The molecule has 1 unspecified atom stereocenters. The summed E-state index contributed by atoms with van der Waals surface area (Å²) in [5, 5.41) is 12.5. The van der Waals surface area contributed by atoms with E-state index in [2.05, 4.69) is 20.7 Å². The van der Waals surface area contributed by atoms with E-state index in [1.807, 2.05) is 20.8 Å². The summed E-state index contributed by atoms with van der Waals surface area (Å²) in [5.41, 5.74) is 2.92. The molecule has 90 valence electrons. The van der Waals surface area contributed by atoms with Gasteiger partial charge in [-0.05, 0) is 20.3 Å². The molecule has 16 heavy (non-hydrogen) atoms. The largest absolute Gasteiger partial charge is 0.394 e. The average molecular weight is 225 g/mol.